The Kier molecular flexibility index (Phi) is 4.81. The topological polar surface area (TPSA) is 98.1 Å². The van der Waals surface area contributed by atoms with Gasteiger partial charge in [0.25, 0.3) is 11.7 Å². The number of para-hydroxylation sites is 1. The zero-order valence-corrected chi connectivity index (χ0v) is 17.9. The van der Waals surface area contributed by atoms with Crippen LogP contribution in [0, 0.1) is 0 Å². The van der Waals surface area contributed by atoms with Crippen molar-refractivity contribution >= 4 is 67.9 Å². The molecule has 1 aliphatic heterocycles. The standard InChI is InChI=1S/C20H11Cl2N5O3S/c21-11-5-6-12(22)17-16(11)18(29)20(30)27(17)8-10-7-26(25-24-10)9-14(28)19-23-13-3-1-2-4-15(13)31-19/h1-7H,8-9H2. The molecule has 0 saturated heterocycles. The molecule has 154 valence electrons. The van der Waals surface area contributed by atoms with Crippen LogP contribution in [0.1, 0.15) is 25.9 Å². The highest BCUT2D eigenvalue weighted by Gasteiger charge is 2.39. The minimum atomic E-state index is -0.745. The van der Waals surface area contributed by atoms with Gasteiger partial charge in [0, 0.05) is 0 Å². The van der Waals surface area contributed by atoms with E-state index < -0.39 is 11.7 Å². The van der Waals surface area contributed by atoms with Gasteiger partial charge in [0.2, 0.25) is 5.78 Å². The first-order valence-electron chi connectivity index (χ1n) is 9.04. The summed E-state index contributed by atoms with van der Waals surface area (Å²) in [6, 6.07) is 10.5. The lowest BCUT2D eigenvalue weighted by atomic mass is 10.1. The molecular formula is C20H11Cl2N5O3S. The van der Waals surface area contributed by atoms with Crippen LogP contribution in [0.15, 0.2) is 42.6 Å². The fraction of sp³-hybridized carbons (Fsp3) is 0.100. The summed E-state index contributed by atoms with van der Waals surface area (Å²) < 4.78 is 2.30. The average molecular weight is 472 g/mol. The molecule has 0 unspecified atom stereocenters. The Bertz CT molecular complexity index is 1360. The van der Waals surface area contributed by atoms with Gasteiger partial charge in [-0.1, -0.05) is 40.5 Å². The second kappa shape index (κ2) is 7.52. The maximum Gasteiger partial charge on any atom is 0.299 e. The second-order valence-corrected chi connectivity index (χ2v) is 8.64. The van der Waals surface area contributed by atoms with E-state index in [9.17, 15) is 14.4 Å². The van der Waals surface area contributed by atoms with Gasteiger partial charge >= 0.3 is 0 Å². The lowest BCUT2D eigenvalue weighted by molar-refractivity contribution is -0.114. The van der Waals surface area contributed by atoms with Gasteiger partial charge in [0.15, 0.2) is 5.01 Å². The molecule has 3 heterocycles. The van der Waals surface area contributed by atoms with E-state index >= 15 is 0 Å². The number of thiazole rings is 1. The summed E-state index contributed by atoms with van der Waals surface area (Å²) in [5.41, 5.74) is 1.49. The number of Topliss-reactive ketones (excluding diaryl/α,β-unsaturated/α-hetero) is 2. The van der Waals surface area contributed by atoms with Crippen LogP contribution in [0.3, 0.4) is 0 Å². The molecule has 0 fully saturated rings. The highest BCUT2D eigenvalue weighted by Crippen LogP contribution is 2.40. The first kappa shape index (κ1) is 19.8. The number of fused-ring (bicyclic) bond motifs is 2. The summed E-state index contributed by atoms with van der Waals surface area (Å²) >= 11 is 13.6. The minimum Gasteiger partial charge on any atom is -0.297 e. The van der Waals surface area contributed by atoms with Crippen LogP contribution in [-0.4, -0.2) is 37.5 Å². The van der Waals surface area contributed by atoms with E-state index in [2.05, 4.69) is 15.3 Å². The highest BCUT2D eigenvalue weighted by molar-refractivity contribution is 7.20. The van der Waals surface area contributed by atoms with Crippen molar-refractivity contribution in [1.29, 1.82) is 0 Å². The van der Waals surface area contributed by atoms with Crippen LogP contribution >= 0.6 is 34.5 Å². The van der Waals surface area contributed by atoms with Gasteiger partial charge in [-0.2, -0.15) is 0 Å². The predicted octanol–water partition coefficient (Wildman–Crippen LogP) is 3.81. The Balaban J connectivity index is 1.36. The fourth-order valence-electron chi connectivity index (χ4n) is 3.36. The van der Waals surface area contributed by atoms with Gasteiger partial charge in [-0.05, 0) is 24.3 Å². The van der Waals surface area contributed by atoms with Crippen LogP contribution in [0.2, 0.25) is 10.0 Å². The third-order valence-electron chi connectivity index (χ3n) is 4.76. The lowest BCUT2D eigenvalue weighted by Crippen LogP contribution is -2.29. The second-order valence-electron chi connectivity index (χ2n) is 6.79. The summed E-state index contributed by atoms with van der Waals surface area (Å²) in [7, 11) is 0. The molecule has 2 aromatic heterocycles. The summed E-state index contributed by atoms with van der Waals surface area (Å²) in [5.74, 6) is -1.67. The van der Waals surface area contributed by atoms with Crippen molar-refractivity contribution in [3.63, 3.8) is 0 Å². The number of halogens is 2. The maximum atomic E-state index is 12.6. The van der Waals surface area contributed by atoms with Crippen molar-refractivity contribution in [2.24, 2.45) is 0 Å². The van der Waals surface area contributed by atoms with E-state index in [4.69, 9.17) is 23.2 Å². The average Bonchev–Trinajstić information content (AvgIpc) is 3.44. The molecule has 11 heteroatoms. The number of benzene rings is 2. The molecule has 0 N–H and O–H groups in total. The van der Waals surface area contributed by atoms with Gasteiger partial charge < -0.3 is 0 Å². The van der Waals surface area contributed by atoms with Crippen LogP contribution in [0.4, 0.5) is 5.69 Å². The number of carbonyl (C=O) groups excluding carboxylic acids is 3. The molecule has 0 saturated carbocycles. The molecule has 31 heavy (non-hydrogen) atoms. The van der Waals surface area contributed by atoms with Crippen molar-refractivity contribution < 1.29 is 14.4 Å². The van der Waals surface area contributed by atoms with E-state index in [0.717, 1.165) is 10.2 Å². The normalized spacial score (nSPS) is 13.3. The minimum absolute atomic E-state index is 0.0348. The third kappa shape index (κ3) is 3.40. The molecule has 5 rings (SSSR count). The summed E-state index contributed by atoms with van der Waals surface area (Å²) in [6.45, 7) is -0.0875. The van der Waals surface area contributed by atoms with Gasteiger partial charge in [-0.3, -0.25) is 19.3 Å². The summed E-state index contributed by atoms with van der Waals surface area (Å²) in [5, 5.41) is 8.75. The Morgan fingerprint density at radius 1 is 1.06 bits per heavy atom. The first-order valence-corrected chi connectivity index (χ1v) is 10.6. The summed E-state index contributed by atoms with van der Waals surface area (Å²) in [4.78, 5) is 43.0. The van der Waals surface area contributed by atoms with Crippen LogP contribution < -0.4 is 4.90 Å². The SMILES string of the molecule is O=C(Cn1cc(CN2C(=O)C(=O)c3c(Cl)ccc(Cl)c32)nn1)c1nc2ccccc2s1. The highest BCUT2D eigenvalue weighted by atomic mass is 35.5. The smallest absolute Gasteiger partial charge is 0.297 e. The fourth-order valence-corrected chi connectivity index (χ4v) is 4.75. The molecule has 4 aromatic rings. The Hall–Kier alpha value is -3.14. The van der Waals surface area contributed by atoms with Crippen molar-refractivity contribution in [3.8, 4) is 0 Å². The van der Waals surface area contributed by atoms with E-state index in [0.29, 0.717) is 10.7 Å². The van der Waals surface area contributed by atoms with Gasteiger partial charge in [-0.15, -0.1) is 16.4 Å². The number of aromatic nitrogens is 4. The van der Waals surface area contributed by atoms with Crippen molar-refractivity contribution in [3.05, 3.63) is 68.9 Å². The quantitative estimate of drug-likeness (QED) is 0.324. The lowest BCUT2D eigenvalue weighted by Gasteiger charge is -2.16. The monoisotopic (exact) mass is 471 g/mol. The molecule has 1 amide bonds. The van der Waals surface area contributed by atoms with E-state index in [1.807, 2.05) is 24.3 Å². The molecule has 0 atom stereocenters. The number of nitrogens with zero attached hydrogens (tertiary/aromatic N) is 5. The first-order chi connectivity index (χ1) is 14.9. The third-order valence-corrected chi connectivity index (χ3v) is 6.46. The van der Waals surface area contributed by atoms with Crippen molar-refractivity contribution in [2.45, 2.75) is 13.1 Å². The van der Waals surface area contributed by atoms with Gasteiger partial charge in [0.05, 0.1) is 44.3 Å². The van der Waals surface area contributed by atoms with Crippen molar-refractivity contribution in [2.75, 3.05) is 4.90 Å². The molecule has 0 spiro atoms. The Morgan fingerprint density at radius 3 is 2.65 bits per heavy atom. The number of anilines is 1. The molecule has 0 aliphatic carbocycles. The number of hydrogen-bond donors (Lipinski definition) is 0. The zero-order chi connectivity index (χ0) is 21.7. The van der Waals surface area contributed by atoms with Gasteiger partial charge in [-0.25, -0.2) is 9.67 Å². The number of rotatable bonds is 5. The maximum absolute atomic E-state index is 12.6. The van der Waals surface area contributed by atoms with Gasteiger partial charge in [0.1, 0.15) is 12.2 Å². The largest absolute Gasteiger partial charge is 0.299 e. The molecule has 1 aliphatic rings. The summed E-state index contributed by atoms with van der Waals surface area (Å²) in [6.07, 6.45) is 1.54. The number of ketones is 2. The Labute approximate surface area is 189 Å². The Morgan fingerprint density at radius 2 is 1.84 bits per heavy atom. The van der Waals surface area contributed by atoms with Crippen molar-refractivity contribution in [1.82, 2.24) is 20.0 Å². The molecular weight excluding hydrogens is 461 g/mol. The molecule has 0 bridgehead atoms. The van der Waals surface area contributed by atoms with E-state index in [1.54, 1.807) is 6.20 Å². The van der Waals surface area contributed by atoms with E-state index in [1.165, 1.54) is 33.1 Å². The number of carbonyl (C=O) groups is 3. The van der Waals surface area contributed by atoms with Crippen LogP contribution in [0.25, 0.3) is 10.2 Å². The molecule has 2 aromatic carbocycles. The molecule has 8 nitrogen and oxygen atoms in total. The zero-order valence-electron chi connectivity index (χ0n) is 15.6. The number of amides is 1. The molecule has 0 radical (unpaired) electrons. The van der Waals surface area contributed by atoms with Crippen LogP contribution in [-0.2, 0) is 17.9 Å². The van der Waals surface area contributed by atoms with Crippen LogP contribution in [0.5, 0.6) is 0 Å². The predicted molar refractivity (Wildman–Crippen MR) is 116 cm³/mol. The van der Waals surface area contributed by atoms with E-state index in [-0.39, 0.29) is 40.2 Å². The number of hydrogen-bond acceptors (Lipinski definition) is 7.